The topological polar surface area (TPSA) is 111 Å². The molecule has 0 bridgehead atoms. The van der Waals surface area contributed by atoms with Crippen LogP contribution >= 0.6 is 0 Å². The normalized spacial score (nSPS) is 12.0. The second-order valence-corrected chi connectivity index (χ2v) is 13.1. The molecule has 4 rings (SSSR count). The van der Waals surface area contributed by atoms with Crippen LogP contribution in [0, 0.1) is 11.8 Å². The maximum atomic E-state index is 6.56. The van der Waals surface area contributed by atoms with Crippen molar-refractivity contribution in [3.8, 4) is 57.5 Å². The molecule has 4 aromatic carbocycles. The molecule has 0 heterocycles. The summed E-state index contributed by atoms with van der Waals surface area (Å²) in [5, 5.41) is 0. The van der Waals surface area contributed by atoms with Crippen LogP contribution in [0.2, 0.25) is 0 Å². The van der Waals surface area contributed by atoms with E-state index >= 15 is 0 Å². The van der Waals surface area contributed by atoms with Gasteiger partial charge in [-0.25, -0.2) is 0 Å². The van der Waals surface area contributed by atoms with Gasteiger partial charge in [0.1, 0.15) is 23.0 Å². The van der Waals surface area contributed by atoms with Gasteiger partial charge >= 0.3 is 0 Å². The van der Waals surface area contributed by atoms with Crippen LogP contribution in [0.1, 0.15) is 35.1 Å². The smallest absolute Gasteiger partial charge is 0.203 e. The fraction of sp³-hybridized carbons (Fsp3) is 0.455. The van der Waals surface area contributed by atoms with Crippen molar-refractivity contribution in [3.05, 3.63) is 82.9 Å². The summed E-state index contributed by atoms with van der Waals surface area (Å²) in [7, 11) is 16.3. The van der Waals surface area contributed by atoms with Gasteiger partial charge in [0.2, 0.25) is 11.5 Å². The highest BCUT2D eigenvalue weighted by molar-refractivity contribution is 5.55. The molecule has 12 nitrogen and oxygen atoms in total. The fourth-order valence-corrected chi connectivity index (χ4v) is 6.84. The molecule has 0 aliphatic rings. The minimum absolute atomic E-state index is 0.0343. The summed E-state index contributed by atoms with van der Waals surface area (Å²) in [6.07, 6.45) is 3.01. The minimum atomic E-state index is 0.0343. The highest BCUT2D eigenvalue weighted by Gasteiger charge is 2.26. The SMILES string of the molecule is COc1cc(COCCC[C@H](Cc2cc(OC)c(OC)c(OC)c2)[C@H](COCc2cc(OC)cc(OC)c2)Cc2cc(OC)c(OC)c(OC)c2)cc(OC)c1. The van der Waals surface area contributed by atoms with Crippen LogP contribution in [-0.4, -0.2) is 84.3 Å². The highest BCUT2D eigenvalue weighted by Crippen LogP contribution is 2.42. The van der Waals surface area contributed by atoms with Gasteiger partial charge in [0.25, 0.3) is 0 Å². The lowest BCUT2D eigenvalue weighted by molar-refractivity contribution is 0.0578. The molecule has 0 saturated carbocycles. The van der Waals surface area contributed by atoms with Crippen LogP contribution < -0.4 is 47.4 Å². The van der Waals surface area contributed by atoms with Crippen LogP contribution in [0.4, 0.5) is 0 Å². The molecule has 12 heteroatoms. The fourth-order valence-electron chi connectivity index (χ4n) is 6.84. The summed E-state index contributed by atoms with van der Waals surface area (Å²) < 4.78 is 69.0. The Morgan fingerprint density at radius 3 is 1.11 bits per heavy atom. The number of rotatable bonds is 25. The Kier molecular flexibility index (Phi) is 17.4. The first-order chi connectivity index (χ1) is 27.3. The van der Waals surface area contributed by atoms with Crippen molar-refractivity contribution in [3.63, 3.8) is 0 Å². The standard InChI is InChI=1S/C44H58O12/c1-45-35-16-31(17-36(24-35)46-2)26-55-13-11-12-33(14-29-20-39(49-5)43(53-9)40(21-29)50-6)34(15-30-22-41(51-7)44(54-10)42(23-30)52-8)28-56-27-32-18-37(47-3)25-38(19-32)48-4/h16-25,33-34H,11-15,26-28H2,1-10H3/t33-,34+/m1/s1. The third kappa shape index (κ3) is 11.9. The zero-order chi connectivity index (χ0) is 40.5. The first kappa shape index (κ1) is 43.5. The van der Waals surface area contributed by atoms with Crippen molar-refractivity contribution < 1.29 is 56.8 Å². The van der Waals surface area contributed by atoms with E-state index in [0.29, 0.717) is 85.3 Å². The lowest BCUT2D eigenvalue weighted by Gasteiger charge is -2.29. The van der Waals surface area contributed by atoms with Crippen LogP contribution in [0.3, 0.4) is 0 Å². The maximum Gasteiger partial charge on any atom is 0.203 e. The first-order valence-corrected chi connectivity index (χ1v) is 18.4. The van der Waals surface area contributed by atoms with E-state index in [2.05, 4.69) is 0 Å². The predicted molar refractivity (Wildman–Crippen MR) is 214 cm³/mol. The van der Waals surface area contributed by atoms with E-state index < -0.39 is 0 Å². The molecule has 4 aromatic rings. The summed E-state index contributed by atoms with van der Waals surface area (Å²) >= 11 is 0. The Morgan fingerprint density at radius 1 is 0.375 bits per heavy atom. The van der Waals surface area contributed by atoms with Gasteiger partial charge in [-0.2, -0.15) is 0 Å². The first-order valence-electron chi connectivity index (χ1n) is 18.4. The molecule has 0 spiro atoms. The number of benzene rings is 4. The number of methoxy groups -OCH3 is 10. The molecule has 0 fully saturated rings. The third-order valence-electron chi connectivity index (χ3n) is 9.67. The van der Waals surface area contributed by atoms with Gasteiger partial charge in [-0.3, -0.25) is 0 Å². The number of hydrogen-bond acceptors (Lipinski definition) is 12. The largest absolute Gasteiger partial charge is 0.497 e. The maximum absolute atomic E-state index is 6.56. The van der Waals surface area contributed by atoms with Crippen LogP contribution in [0.15, 0.2) is 60.7 Å². The molecule has 2 atom stereocenters. The van der Waals surface area contributed by atoms with Gasteiger partial charge in [0.15, 0.2) is 23.0 Å². The van der Waals surface area contributed by atoms with Crippen molar-refractivity contribution in [2.75, 3.05) is 84.3 Å². The lowest BCUT2D eigenvalue weighted by atomic mass is 9.80. The Bertz CT molecular complexity index is 1710. The second-order valence-electron chi connectivity index (χ2n) is 13.1. The molecule has 306 valence electrons. The summed E-state index contributed by atoms with van der Waals surface area (Å²) in [4.78, 5) is 0. The van der Waals surface area contributed by atoms with E-state index in [-0.39, 0.29) is 11.8 Å². The lowest BCUT2D eigenvalue weighted by Crippen LogP contribution is -2.25. The van der Waals surface area contributed by atoms with E-state index in [1.54, 1.807) is 71.1 Å². The second kappa shape index (κ2) is 22.4. The Hall–Kier alpha value is -5.20. The zero-order valence-electron chi connectivity index (χ0n) is 34.5. The Morgan fingerprint density at radius 2 is 0.750 bits per heavy atom. The molecule has 0 unspecified atom stereocenters. The van der Waals surface area contributed by atoms with Gasteiger partial charge < -0.3 is 56.8 Å². The average molecular weight is 779 g/mol. The van der Waals surface area contributed by atoms with Gasteiger partial charge in [0, 0.05) is 18.7 Å². The van der Waals surface area contributed by atoms with Crippen LogP contribution in [0.5, 0.6) is 57.5 Å². The van der Waals surface area contributed by atoms with Crippen molar-refractivity contribution in [1.82, 2.24) is 0 Å². The highest BCUT2D eigenvalue weighted by atomic mass is 16.5. The molecular formula is C44H58O12. The van der Waals surface area contributed by atoms with E-state index in [0.717, 1.165) is 46.6 Å². The van der Waals surface area contributed by atoms with Crippen molar-refractivity contribution in [2.45, 2.75) is 38.9 Å². The van der Waals surface area contributed by atoms with E-state index in [9.17, 15) is 0 Å². The van der Waals surface area contributed by atoms with E-state index in [1.165, 1.54) is 0 Å². The average Bonchev–Trinajstić information content (AvgIpc) is 3.24. The van der Waals surface area contributed by atoms with Crippen LogP contribution in [-0.2, 0) is 35.5 Å². The van der Waals surface area contributed by atoms with E-state index in [1.807, 2.05) is 60.7 Å². The Balaban J connectivity index is 1.67. The Labute approximate surface area is 331 Å². The molecule has 0 aliphatic carbocycles. The summed E-state index contributed by atoms with van der Waals surface area (Å²) in [5.74, 6) is 6.46. The molecular weight excluding hydrogens is 720 g/mol. The molecule has 0 aromatic heterocycles. The van der Waals surface area contributed by atoms with Gasteiger partial charge in [0.05, 0.1) is 90.9 Å². The molecule has 0 N–H and O–H groups in total. The summed E-state index contributed by atoms with van der Waals surface area (Å²) in [6.45, 7) is 1.79. The predicted octanol–water partition coefficient (Wildman–Crippen LogP) is 8.00. The molecule has 56 heavy (non-hydrogen) atoms. The third-order valence-corrected chi connectivity index (χ3v) is 9.67. The molecule has 0 saturated heterocycles. The minimum Gasteiger partial charge on any atom is -0.497 e. The molecule has 0 aliphatic heterocycles. The van der Waals surface area contributed by atoms with Crippen molar-refractivity contribution in [1.29, 1.82) is 0 Å². The zero-order valence-corrected chi connectivity index (χ0v) is 34.5. The number of ether oxygens (including phenoxy) is 12. The molecule has 0 amide bonds. The summed E-state index contributed by atoms with van der Waals surface area (Å²) in [5.41, 5.74) is 3.98. The number of hydrogen-bond donors (Lipinski definition) is 0. The van der Waals surface area contributed by atoms with Crippen LogP contribution in [0.25, 0.3) is 0 Å². The van der Waals surface area contributed by atoms with Gasteiger partial charge in [-0.05, 0) is 108 Å². The van der Waals surface area contributed by atoms with Gasteiger partial charge in [-0.15, -0.1) is 0 Å². The van der Waals surface area contributed by atoms with Crippen molar-refractivity contribution >= 4 is 0 Å². The van der Waals surface area contributed by atoms with E-state index in [4.69, 9.17) is 56.8 Å². The monoisotopic (exact) mass is 778 g/mol. The summed E-state index contributed by atoms with van der Waals surface area (Å²) in [6, 6.07) is 19.6. The molecule has 0 radical (unpaired) electrons. The quantitative estimate of drug-likeness (QED) is 0.0608. The van der Waals surface area contributed by atoms with Gasteiger partial charge in [-0.1, -0.05) is 0 Å². The van der Waals surface area contributed by atoms with Crippen molar-refractivity contribution in [2.24, 2.45) is 11.8 Å².